The molecule has 0 atom stereocenters. The monoisotopic (exact) mass is 536 g/mol. The van der Waals surface area contributed by atoms with Crippen LogP contribution in [0.5, 0.6) is 0 Å². The van der Waals surface area contributed by atoms with Crippen LogP contribution in [0.1, 0.15) is 94.8 Å². The number of esters is 1. The van der Waals surface area contributed by atoms with Crippen molar-refractivity contribution in [1.29, 1.82) is 0 Å². The van der Waals surface area contributed by atoms with Gasteiger partial charge in [-0.1, -0.05) is 19.8 Å². The van der Waals surface area contributed by atoms with Gasteiger partial charge in [0, 0.05) is 6.42 Å². The molecule has 0 bridgehead atoms. The Bertz CT molecular complexity index is 1330. The molecule has 12 nitrogen and oxygen atoms in total. The third-order valence-electron chi connectivity index (χ3n) is 6.49. The summed E-state index contributed by atoms with van der Waals surface area (Å²) in [7, 11) is 0. The van der Waals surface area contributed by atoms with Crippen molar-refractivity contribution in [2.45, 2.75) is 38.7 Å². The van der Waals surface area contributed by atoms with Gasteiger partial charge in [0.05, 0.1) is 46.5 Å². The lowest BCUT2D eigenvalue weighted by atomic mass is 10.1. The smallest absolute Gasteiger partial charge is 0.335 e. The van der Waals surface area contributed by atoms with Crippen molar-refractivity contribution >= 4 is 41.5 Å². The summed E-state index contributed by atoms with van der Waals surface area (Å²) >= 11 is 0. The molecule has 0 spiro atoms. The Morgan fingerprint density at radius 3 is 1.56 bits per heavy atom. The molecule has 0 unspecified atom stereocenters. The second-order valence-electron chi connectivity index (χ2n) is 9.14. The van der Waals surface area contributed by atoms with Gasteiger partial charge in [-0.3, -0.25) is 33.8 Å². The van der Waals surface area contributed by atoms with Crippen LogP contribution < -0.4 is 0 Å². The molecule has 0 saturated carbocycles. The molecule has 0 fully saturated rings. The van der Waals surface area contributed by atoms with Crippen molar-refractivity contribution in [2.24, 2.45) is 0 Å². The summed E-state index contributed by atoms with van der Waals surface area (Å²) in [5, 5.41) is 18.5. The van der Waals surface area contributed by atoms with Gasteiger partial charge in [0.15, 0.2) is 0 Å². The van der Waals surface area contributed by atoms with E-state index in [0.717, 1.165) is 34.8 Å². The van der Waals surface area contributed by atoms with Gasteiger partial charge in [-0.05, 0) is 42.8 Å². The van der Waals surface area contributed by atoms with Crippen LogP contribution in [-0.2, 0) is 9.53 Å². The molecule has 2 aliphatic rings. The highest BCUT2D eigenvalue weighted by Crippen LogP contribution is 2.27. The number of amides is 4. The standard InChI is InChI=1S/C27H24N2O10/c1-2-3-4-5-21(30)39-16(12-28-22(31)17-8-6-14(26(35)36)10-19(17)24(28)33)13-29-23(32)18-9-7-15(27(37)38)11-20(18)25(29)34/h6-11,16H,2-5,12-13H2,1H3,(H,35,36)(H,37,38). The molecule has 39 heavy (non-hydrogen) atoms. The van der Waals surface area contributed by atoms with Crippen LogP contribution in [0.3, 0.4) is 0 Å². The molecule has 0 aromatic heterocycles. The van der Waals surface area contributed by atoms with Crippen LogP contribution in [0, 0.1) is 0 Å². The fourth-order valence-electron chi connectivity index (χ4n) is 4.48. The summed E-state index contributed by atoms with van der Waals surface area (Å²) in [4.78, 5) is 88.8. The minimum Gasteiger partial charge on any atom is -0.478 e. The number of carbonyl (C=O) groups excluding carboxylic acids is 5. The van der Waals surface area contributed by atoms with Gasteiger partial charge in [-0.25, -0.2) is 9.59 Å². The molecule has 202 valence electrons. The first kappa shape index (κ1) is 27.2. The average Bonchev–Trinajstić information content (AvgIpc) is 3.28. The van der Waals surface area contributed by atoms with Crippen molar-refractivity contribution in [1.82, 2.24) is 9.80 Å². The highest BCUT2D eigenvalue weighted by molar-refractivity contribution is 6.23. The fraction of sp³-hybridized carbons (Fsp3) is 0.296. The van der Waals surface area contributed by atoms with Crippen LogP contribution >= 0.6 is 0 Å². The second-order valence-corrected chi connectivity index (χ2v) is 9.14. The molecule has 2 aliphatic heterocycles. The number of carboxylic acids is 2. The van der Waals surface area contributed by atoms with Gasteiger partial charge in [0.25, 0.3) is 23.6 Å². The summed E-state index contributed by atoms with van der Waals surface area (Å²) in [6.45, 7) is 0.953. The Kier molecular flexibility index (Phi) is 7.56. The minimum atomic E-state index is -1.29. The number of rotatable bonds is 11. The quantitative estimate of drug-likeness (QED) is 0.246. The van der Waals surface area contributed by atoms with Gasteiger partial charge >= 0.3 is 17.9 Å². The zero-order valence-corrected chi connectivity index (χ0v) is 20.8. The molecule has 2 aromatic rings. The van der Waals surface area contributed by atoms with E-state index in [1.165, 1.54) is 24.3 Å². The van der Waals surface area contributed by atoms with Gasteiger partial charge in [-0.15, -0.1) is 0 Å². The Balaban J connectivity index is 1.58. The summed E-state index contributed by atoms with van der Waals surface area (Å²) < 4.78 is 5.52. The van der Waals surface area contributed by atoms with Crippen molar-refractivity contribution in [3.8, 4) is 0 Å². The molecule has 2 aromatic carbocycles. The highest BCUT2D eigenvalue weighted by atomic mass is 16.5. The van der Waals surface area contributed by atoms with Gasteiger partial charge < -0.3 is 14.9 Å². The maximum absolute atomic E-state index is 13.0. The third kappa shape index (κ3) is 5.26. The van der Waals surface area contributed by atoms with E-state index in [2.05, 4.69) is 0 Å². The largest absolute Gasteiger partial charge is 0.478 e. The van der Waals surface area contributed by atoms with E-state index < -0.39 is 60.7 Å². The summed E-state index contributed by atoms with van der Waals surface area (Å²) in [6.07, 6.45) is 0.879. The maximum atomic E-state index is 13.0. The molecule has 0 radical (unpaired) electrons. The first-order valence-electron chi connectivity index (χ1n) is 12.2. The van der Waals surface area contributed by atoms with E-state index in [0.29, 0.717) is 6.42 Å². The molecular formula is C27H24N2O10. The predicted molar refractivity (Wildman–Crippen MR) is 132 cm³/mol. The minimum absolute atomic E-state index is 0.0278. The van der Waals surface area contributed by atoms with Gasteiger partial charge in [0.2, 0.25) is 0 Å². The SMILES string of the molecule is CCCCCC(=O)OC(CN1C(=O)c2ccc(C(=O)O)cc2C1=O)CN1C(=O)c2ccc(C(=O)O)cc2C1=O. The van der Waals surface area contributed by atoms with E-state index in [4.69, 9.17) is 4.74 Å². The van der Waals surface area contributed by atoms with Crippen molar-refractivity contribution in [2.75, 3.05) is 13.1 Å². The number of hydrogen-bond acceptors (Lipinski definition) is 8. The number of benzene rings is 2. The number of carboxylic acid groups (broad SMARTS) is 2. The number of carbonyl (C=O) groups is 7. The van der Waals surface area contributed by atoms with Crippen LogP contribution in [-0.4, -0.2) is 80.7 Å². The number of imide groups is 2. The van der Waals surface area contributed by atoms with Gasteiger partial charge in [-0.2, -0.15) is 0 Å². The lowest BCUT2D eigenvalue weighted by Crippen LogP contribution is -2.46. The number of nitrogens with zero attached hydrogens (tertiary/aromatic N) is 2. The zero-order chi connectivity index (χ0) is 28.4. The number of unbranched alkanes of at least 4 members (excludes halogenated alkanes) is 2. The van der Waals surface area contributed by atoms with E-state index in [1.54, 1.807) is 0 Å². The van der Waals surface area contributed by atoms with E-state index in [9.17, 15) is 43.8 Å². The molecule has 4 amide bonds. The molecule has 0 aliphatic carbocycles. The summed E-state index contributed by atoms with van der Waals surface area (Å²) in [6, 6.07) is 6.96. The lowest BCUT2D eigenvalue weighted by molar-refractivity contribution is -0.150. The van der Waals surface area contributed by atoms with Crippen molar-refractivity contribution < 1.29 is 48.5 Å². The second kappa shape index (κ2) is 10.9. The molecule has 2 N–H and O–H groups in total. The topological polar surface area (TPSA) is 176 Å². The lowest BCUT2D eigenvalue weighted by Gasteiger charge is -2.26. The summed E-state index contributed by atoms with van der Waals surface area (Å²) in [5.74, 6) is -6.32. The van der Waals surface area contributed by atoms with Crippen molar-refractivity contribution in [3.05, 3.63) is 69.8 Å². The number of fused-ring (bicyclic) bond motifs is 2. The normalized spacial score (nSPS) is 14.2. The molecular weight excluding hydrogens is 512 g/mol. The van der Waals surface area contributed by atoms with Crippen LogP contribution in [0.15, 0.2) is 36.4 Å². The molecule has 0 saturated heterocycles. The van der Waals surface area contributed by atoms with Gasteiger partial charge in [0.1, 0.15) is 6.10 Å². The average molecular weight is 536 g/mol. The Morgan fingerprint density at radius 1 is 0.718 bits per heavy atom. The zero-order valence-electron chi connectivity index (χ0n) is 20.8. The van der Waals surface area contributed by atoms with Crippen molar-refractivity contribution in [3.63, 3.8) is 0 Å². The van der Waals surface area contributed by atoms with E-state index >= 15 is 0 Å². The Labute approximate surface area is 221 Å². The van der Waals surface area contributed by atoms with E-state index in [-0.39, 0.29) is 39.8 Å². The molecule has 2 heterocycles. The number of aromatic carboxylic acids is 2. The number of hydrogen-bond donors (Lipinski definition) is 2. The maximum Gasteiger partial charge on any atom is 0.335 e. The molecule has 4 rings (SSSR count). The third-order valence-corrected chi connectivity index (χ3v) is 6.49. The van der Waals surface area contributed by atoms with Crippen LogP contribution in [0.25, 0.3) is 0 Å². The van der Waals surface area contributed by atoms with Crippen LogP contribution in [0.2, 0.25) is 0 Å². The highest BCUT2D eigenvalue weighted by Gasteiger charge is 2.42. The van der Waals surface area contributed by atoms with Crippen LogP contribution in [0.4, 0.5) is 0 Å². The molecule has 12 heteroatoms. The Morgan fingerprint density at radius 2 is 1.15 bits per heavy atom. The summed E-state index contributed by atoms with van der Waals surface area (Å²) in [5.41, 5.74) is -0.700. The predicted octanol–water partition coefficient (Wildman–Crippen LogP) is 2.47. The first-order valence-corrected chi connectivity index (χ1v) is 12.2. The Hall–Kier alpha value is -4.87. The fourth-order valence-corrected chi connectivity index (χ4v) is 4.48. The van der Waals surface area contributed by atoms with E-state index in [1.807, 2.05) is 6.92 Å². The first-order chi connectivity index (χ1) is 18.5. The number of ether oxygens (including phenoxy) is 1.